The highest BCUT2D eigenvalue weighted by Crippen LogP contribution is 2.36. The van der Waals surface area contributed by atoms with Crippen LogP contribution in [-0.4, -0.2) is 15.0 Å². The van der Waals surface area contributed by atoms with Gasteiger partial charge in [-0.15, -0.1) is 22.7 Å². The topological polar surface area (TPSA) is 38.7 Å². The monoisotopic (exact) mass is 371 g/mol. The smallest absolute Gasteiger partial charge is 0.127 e. The minimum absolute atomic E-state index is 0.988. The van der Waals surface area contributed by atoms with Gasteiger partial charge >= 0.3 is 0 Å². The summed E-state index contributed by atoms with van der Waals surface area (Å²) in [6.07, 6.45) is 5.76. The first kappa shape index (κ1) is 15.4. The molecule has 3 nitrogen and oxygen atoms in total. The van der Waals surface area contributed by atoms with Gasteiger partial charge in [0.1, 0.15) is 10.0 Å². The van der Waals surface area contributed by atoms with Gasteiger partial charge in [0.15, 0.2) is 0 Å². The molecule has 124 valence electrons. The molecule has 5 rings (SSSR count). The fraction of sp³-hybridized carbons (Fsp3) is 0. The van der Waals surface area contributed by atoms with Crippen molar-refractivity contribution in [2.45, 2.75) is 0 Å². The number of para-hydroxylation sites is 2. The Bertz CT molecular complexity index is 1090. The standard InChI is InChI=1S/C21H13N3S2/c1-3-7-18-16(5-1)23-20(25-18)15(13-14-9-11-22-12-10-14)21-24-17-6-2-4-8-19(17)26-21/h1-13H. The zero-order valence-corrected chi connectivity index (χ0v) is 15.3. The van der Waals surface area contributed by atoms with Crippen LogP contribution in [0.4, 0.5) is 0 Å². The molecule has 0 radical (unpaired) electrons. The Hall–Kier alpha value is -2.89. The molecule has 2 aromatic carbocycles. The van der Waals surface area contributed by atoms with E-state index in [0.717, 1.165) is 32.2 Å². The lowest BCUT2D eigenvalue weighted by atomic mass is 10.1. The number of fused-ring (bicyclic) bond motifs is 2. The van der Waals surface area contributed by atoms with E-state index in [9.17, 15) is 0 Å². The summed E-state index contributed by atoms with van der Waals surface area (Å²) in [6.45, 7) is 0. The maximum atomic E-state index is 4.86. The van der Waals surface area contributed by atoms with Crippen molar-refractivity contribution >= 4 is 54.8 Å². The lowest BCUT2D eigenvalue weighted by Gasteiger charge is -2.00. The predicted octanol–water partition coefficient (Wildman–Crippen LogP) is 5.89. The largest absolute Gasteiger partial charge is 0.265 e. The Morgan fingerprint density at radius 3 is 1.77 bits per heavy atom. The third-order valence-electron chi connectivity index (χ3n) is 4.07. The van der Waals surface area contributed by atoms with E-state index in [1.54, 1.807) is 35.1 Å². The number of aromatic nitrogens is 3. The van der Waals surface area contributed by atoms with Crippen molar-refractivity contribution in [1.29, 1.82) is 0 Å². The van der Waals surface area contributed by atoms with Gasteiger partial charge in [0.05, 0.1) is 20.4 Å². The van der Waals surface area contributed by atoms with Crippen LogP contribution in [0.5, 0.6) is 0 Å². The van der Waals surface area contributed by atoms with E-state index in [0.29, 0.717) is 0 Å². The third kappa shape index (κ3) is 2.81. The van der Waals surface area contributed by atoms with Crippen LogP contribution < -0.4 is 0 Å². The van der Waals surface area contributed by atoms with Crippen molar-refractivity contribution in [2.24, 2.45) is 0 Å². The molecule has 0 unspecified atom stereocenters. The summed E-state index contributed by atoms with van der Waals surface area (Å²) in [6, 6.07) is 20.5. The molecule has 3 heterocycles. The first-order valence-corrected chi connectivity index (χ1v) is 9.84. The molecule has 0 atom stereocenters. The highest BCUT2D eigenvalue weighted by molar-refractivity contribution is 7.22. The van der Waals surface area contributed by atoms with Crippen LogP contribution in [0, 0.1) is 0 Å². The summed E-state index contributed by atoms with van der Waals surface area (Å²) in [5.41, 5.74) is 4.19. The molecule has 0 bridgehead atoms. The van der Waals surface area contributed by atoms with Gasteiger partial charge in [-0.2, -0.15) is 0 Å². The molecule has 0 saturated heterocycles. The average Bonchev–Trinajstić information content (AvgIpc) is 3.30. The van der Waals surface area contributed by atoms with Gasteiger partial charge in [0.25, 0.3) is 0 Å². The maximum absolute atomic E-state index is 4.86. The van der Waals surface area contributed by atoms with Crippen LogP contribution in [0.1, 0.15) is 15.6 Å². The number of hydrogen-bond acceptors (Lipinski definition) is 5. The highest BCUT2D eigenvalue weighted by Gasteiger charge is 2.15. The quantitative estimate of drug-likeness (QED) is 0.397. The van der Waals surface area contributed by atoms with Gasteiger partial charge in [0.2, 0.25) is 0 Å². The van der Waals surface area contributed by atoms with E-state index < -0.39 is 0 Å². The van der Waals surface area contributed by atoms with Crippen LogP contribution in [0.2, 0.25) is 0 Å². The molecular weight excluding hydrogens is 358 g/mol. The molecule has 5 heteroatoms. The minimum atomic E-state index is 0.988. The Balaban J connectivity index is 1.73. The second-order valence-electron chi connectivity index (χ2n) is 5.81. The summed E-state index contributed by atoms with van der Waals surface area (Å²) < 4.78 is 2.37. The van der Waals surface area contributed by atoms with Gasteiger partial charge in [-0.05, 0) is 48.0 Å². The molecule has 5 aromatic rings. The first-order valence-electron chi connectivity index (χ1n) is 8.20. The molecule has 0 aliphatic rings. The summed E-state index contributed by atoms with van der Waals surface area (Å²) in [7, 11) is 0. The van der Waals surface area contributed by atoms with E-state index in [-0.39, 0.29) is 0 Å². The Morgan fingerprint density at radius 2 is 1.23 bits per heavy atom. The average molecular weight is 371 g/mol. The zero-order valence-electron chi connectivity index (χ0n) is 13.7. The molecule has 0 fully saturated rings. The summed E-state index contributed by atoms with van der Waals surface area (Å²) in [4.78, 5) is 13.8. The first-order chi connectivity index (χ1) is 12.9. The molecule has 3 aromatic heterocycles. The molecule has 26 heavy (non-hydrogen) atoms. The lowest BCUT2D eigenvalue weighted by molar-refractivity contribution is 1.32. The van der Waals surface area contributed by atoms with Crippen molar-refractivity contribution < 1.29 is 0 Å². The van der Waals surface area contributed by atoms with E-state index in [4.69, 9.17) is 9.97 Å². The SMILES string of the molecule is C(=C(c1nc2ccccc2s1)c1nc2ccccc2s1)c1ccncc1. The van der Waals surface area contributed by atoms with Crippen molar-refractivity contribution in [1.82, 2.24) is 15.0 Å². The summed E-state index contributed by atoms with van der Waals surface area (Å²) in [5, 5.41) is 1.98. The normalized spacial score (nSPS) is 11.1. The highest BCUT2D eigenvalue weighted by atomic mass is 32.1. The van der Waals surface area contributed by atoms with E-state index in [2.05, 4.69) is 35.3 Å². The predicted molar refractivity (Wildman–Crippen MR) is 110 cm³/mol. The second kappa shape index (κ2) is 6.44. The summed E-state index contributed by atoms with van der Waals surface area (Å²) in [5.74, 6) is 0. The molecule has 0 spiro atoms. The number of thiazole rings is 2. The second-order valence-corrected chi connectivity index (χ2v) is 7.87. The molecule has 0 amide bonds. The molecule has 0 N–H and O–H groups in total. The Labute approximate surface area is 158 Å². The molecule has 0 saturated carbocycles. The van der Waals surface area contributed by atoms with Gasteiger partial charge < -0.3 is 0 Å². The van der Waals surface area contributed by atoms with Gasteiger partial charge in [-0.1, -0.05) is 24.3 Å². The van der Waals surface area contributed by atoms with Gasteiger partial charge in [-0.25, -0.2) is 9.97 Å². The van der Waals surface area contributed by atoms with Crippen LogP contribution in [0.3, 0.4) is 0 Å². The fourth-order valence-corrected chi connectivity index (χ4v) is 4.85. The van der Waals surface area contributed by atoms with Gasteiger partial charge in [-0.3, -0.25) is 4.98 Å². The van der Waals surface area contributed by atoms with Crippen LogP contribution in [0.15, 0.2) is 73.1 Å². The molecule has 0 aliphatic heterocycles. The van der Waals surface area contributed by atoms with Crippen molar-refractivity contribution in [2.75, 3.05) is 0 Å². The van der Waals surface area contributed by atoms with Gasteiger partial charge in [0, 0.05) is 18.0 Å². The number of pyridine rings is 1. The number of rotatable bonds is 3. The third-order valence-corrected chi connectivity index (χ3v) is 6.21. The minimum Gasteiger partial charge on any atom is -0.265 e. The Kier molecular flexibility index (Phi) is 3.81. The summed E-state index contributed by atoms with van der Waals surface area (Å²) >= 11 is 3.40. The van der Waals surface area contributed by atoms with Crippen molar-refractivity contribution in [3.8, 4) is 0 Å². The molecule has 0 aliphatic carbocycles. The van der Waals surface area contributed by atoms with Crippen LogP contribution >= 0.6 is 22.7 Å². The van der Waals surface area contributed by atoms with Crippen molar-refractivity contribution in [3.63, 3.8) is 0 Å². The maximum Gasteiger partial charge on any atom is 0.127 e. The zero-order chi connectivity index (χ0) is 17.3. The lowest BCUT2D eigenvalue weighted by Crippen LogP contribution is -1.87. The fourth-order valence-electron chi connectivity index (χ4n) is 2.82. The number of benzene rings is 2. The Morgan fingerprint density at radius 1 is 0.692 bits per heavy atom. The van der Waals surface area contributed by atoms with E-state index in [1.165, 1.54) is 9.40 Å². The van der Waals surface area contributed by atoms with Crippen LogP contribution in [-0.2, 0) is 0 Å². The number of hydrogen-bond donors (Lipinski definition) is 0. The van der Waals surface area contributed by atoms with Crippen molar-refractivity contribution in [3.05, 3.63) is 88.6 Å². The van der Waals surface area contributed by atoms with E-state index >= 15 is 0 Å². The van der Waals surface area contributed by atoms with Crippen LogP contribution in [0.25, 0.3) is 32.1 Å². The number of nitrogens with zero attached hydrogens (tertiary/aromatic N) is 3. The molecular formula is C21H13N3S2. The van der Waals surface area contributed by atoms with E-state index in [1.807, 2.05) is 36.4 Å².